The highest BCUT2D eigenvalue weighted by Gasteiger charge is 2.17. The fraction of sp³-hybridized carbons (Fsp3) is 0. The number of H-pyrrole nitrogens is 3. The first-order valence-electron chi connectivity index (χ1n) is 11.5. The molecule has 0 saturated heterocycles. The van der Waals surface area contributed by atoms with Gasteiger partial charge in [-0.25, -0.2) is 23.7 Å². The van der Waals surface area contributed by atoms with E-state index in [1.54, 1.807) is 49.1 Å². The summed E-state index contributed by atoms with van der Waals surface area (Å²) in [7, 11) is 0. The molecule has 4 N–H and O–H groups in total. The van der Waals surface area contributed by atoms with Crippen LogP contribution >= 0.6 is 25.3 Å². The molecule has 0 aliphatic rings. The van der Waals surface area contributed by atoms with Crippen LogP contribution in [0.5, 0.6) is 0 Å². The van der Waals surface area contributed by atoms with E-state index in [1.807, 2.05) is 24.3 Å². The lowest BCUT2D eigenvalue weighted by Gasteiger charge is -2.04. The van der Waals surface area contributed by atoms with Crippen LogP contribution < -0.4 is 10.8 Å². The molecule has 11 heteroatoms. The van der Waals surface area contributed by atoms with Crippen molar-refractivity contribution >= 4 is 53.5 Å². The first-order chi connectivity index (χ1) is 18.5. The first kappa shape index (κ1) is 24.0. The Morgan fingerprint density at radius 1 is 0.711 bits per heavy atom. The molecule has 0 radical (unpaired) electrons. The Morgan fingerprint density at radius 3 is 2.05 bits per heavy atom. The summed E-state index contributed by atoms with van der Waals surface area (Å²) in [4.78, 5) is 23.2. The summed E-state index contributed by atoms with van der Waals surface area (Å²) in [5, 5.41) is 4.15. The minimum atomic E-state index is -0.528. The van der Waals surface area contributed by atoms with Crippen molar-refractivity contribution in [3.05, 3.63) is 96.8 Å². The molecule has 38 heavy (non-hydrogen) atoms. The maximum absolute atomic E-state index is 15.3. The predicted octanol–water partition coefficient (Wildman–Crippen LogP) is 6.78. The molecule has 0 bridgehead atoms. The molecule has 0 aliphatic heterocycles. The highest BCUT2D eigenvalue weighted by Crippen LogP contribution is 2.34. The van der Waals surface area contributed by atoms with Gasteiger partial charge in [-0.1, -0.05) is 36.4 Å². The SMILES string of the molecule is Fc1c(-c2ccccc2S)c[nH]c1/N=c1\ncnc(Nc2[nH]cc(-c3ccccc3S)c2F)c2c[nH]cc12. The quantitative estimate of drug-likeness (QED) is 0.135. The molecule has 4 aromatic heterocycles. The van der Waals surface area contributed by atoms with Gasteiger partial charge >= 0.3 is 0 Å². The molecule has 4 heterocycles. The number of nitrogens with zero attached hydrogens (tertiary/aromatic N) is 3. The van der Waals surface area contributed by atoms with Gasteiger partial charge in [0.05, 0.1) is 0 Å². The van der Waals surface area contributed by atoms with Gasteiger partial charge in [-0.2, -0.15) is 0 Å². The lowest BCUT2D eigenvalue weighted by Crippen LogP contribution is -2.04. The average Bonchev–Trinajstić information content (AvgIpc) is 3.61. The van der Waals surface area contributed by atoms with Crippen LogP contribution in [0.4, 0.5) is 26.2 Å². The van der Waals surface area contributed by atoms with Gasteiger partial charge in [0.25, 0.3) is 0 Å². The van der Waals surface area contributed by atoms with Crippen molar-refractivity contribution in [2.45, 2.75) is 9.79 Å². The van der Waals surface area contributed by atoms with Crippen LogP contribution in [0.15, 0.2) is 94.4 Å². The molecule has 0 saturated carbocycles. The Kier molecular flexibility index (Phi) is 6.22. The third-order valence-electron chi connectivity index (χ3n) is 6.07. The lowest BCUT2D eigenvalue weighted by molar-refractivity contribution is 0.633. The number of nitrogens with one attached hydrogen (secondary N) is 4. The largest absolute Gasteiger partial charge is 0.366 e. The Balaban J connectivity index is 1.40. The van der Waals surface area contributed by atoms with E-state index in [1.165, 1.54) is 6.33 Å². The van der Waals surface area contributed by atoms with Crippen molar-refractivity contribution in [3.63, 3.8) is 0 Å². The number of aromatic nitrogens is 5. The molecule has 188 valence electrons. The Morgan fingerprint density at radius 2 is 1.34 bits per heavy atom. The van der Waals surface area contributed by atoms with Gasteiger partial charge in [0.2, 0.25) is 0 Å². The van der Waals surface area contributed by atoms with Gasteiger partial charge < -0.3 is 20.3 Å². The summed E-state index contributed by atoms with van der Waals surface area (Å²) in [6.07, 6.45) is 7.75. The summed E-state index contributed by atoms with van der Waals surface area (Å²) in [6.45, 7) is 0. The second-order valence-electron chi connectivity index (χ2n) is 8.36. The van der Waals surface area contributed by atoms with E-state index < -0.39 is 11.6 Å². The molecule has 0 atom stereocenters. The molecule has 0 amide bonds. The number of fused-ring (bicyclic) bond motifs is 1. The minimum Gasteiger partial charge on any atom is -0.366 e. The lowest BCUT2D eigenvalue weighted by atomic mass is 10.1. The summed E-state index contributed by atoms with van der Waals surface area (Å²) in [5.74, 6) is -0.537. The predicted molar refractivity (Wildman–Crippen MR) is 149 cm³/mol. The van der Waals surface area contributed by atoms with Crippen LogP contribution in [0.2, 0.25) is 0 Å². The van der Waals surface area contributed by atoms with Gasteiger partial charge in [-0.3, -0.25) is 0 Å². The highest BCUT2D eigenvalue weighted by molar-refractivity contribution is 7.80. The fourth-order valence-corrected chi connectivity index (χ4v) is 4.77. The number of benzene rings is 2. The number of thiol groups is 2. The Hall–Kier alpha value is -4.35. The van der Waals surface area contributed by atoms with Crippen molar-refractivity contribution in [1.82, 2.24) is 24.9 Å². The topological polar surface area (TPSA) is 97.5 Å². The number of aromatic amines is 3. The third-order valence-corrected chi connectivity index (χ3v) is 6.85. The fourth-order valence-electron chi connectivity index (χ4n) is 4.21. The molecule has 6 rings (SSSR count). The van der Waals surface area contributed by atoms with E-state index in [4.69, 9.17) is 0 Å². The Labute approximate surface area is 226 Å². The van der Waals surface area contributed by atoms with Crippen molar-refractivity contribution in [2.24, 2.45) is 4.99 Å². The van der Waals surface area contributed by atoms with Gasteiger partial charge in [0, 0.05) is 56.5 Å². The van der Waals surface area contributed by atoms with Crippen LogP contribution in [0, 0.1) is 11.6 Å². The smallest absolute Gasteiger partial charge is 0.175 e. The second kappa shape index (κ2) is 9.84. The van der Waals surface area contributed by atoms with Crippen LogP contribution in [-0.4, -0.2) is 24.9 Å². The standard InChI is InChI=1S/C27H19F2N7S2/c28-22-16(14-5-1-3-7-20(14)37)11-31-26(22)35-24-18-9-30-10-19(18)25(34-13-33-24)36-27-23(29)17(12-32-27)15-6-2-4-8-21(15)38/h1-13,30-32,37-38H,(H,33,34,35,36). The Bertz CT molecular complexity index is 1870. The number of anilines is 2. The van der Waals surface area contributed by atoms with Crippen LogP contribution in [-0.2, 0) is 0 Å². The summed E-state index contributed by atoms with van der Waals surface area (Å²) in [6, 6.07) is 14.5. The summed E-state index contributed by atoms with van der Waals surface area (Å²) >= 11 is 8.86. The van der Waals surface area contributed by atoms with Gasteiger partial charge in [-0.05, 0) is 23.3 Å². The molecule has 7 nitrogen and oxygen atoms in total. The average molecular weight is 544 g/mol. The van der Waals surface area contributed by atoms with Gasteiger partial charge in [-0.15, -0.1) is 25.3 Å². The molecule has 6 aromatic rings. The van der Waals surface area contributed by atoms with E-state index in [0.717, 1.165) is 0 Å². The van der Waals surface area contributed by atoms with Crippen molar-refractivity contribution in [2.75, 3.05) is 5.32 Å². The van der Waals surface area contributed by atoms with Crippen LogP contribution in [0.1, 0.15) is 0 Å². The first-order valence-corrected chi connectivity index (χ1v) is 12.3. The molecule has 2 aromatic carbocycles. The monoisotopic (exact) mass is 543 g/mol. The van der Waals surface area contributed by atoms with Gasteiger partial charge in [0.15, 0.2) is 22.9 Å². The number of halogens is 2. The summed E-state index contributed by atoms with van der Waals surface area (Å²) in [5.41, 5.74) is 2.25. The van der Waals surface area contributed by atoms with Crippen molar-refractivity contribution in [1.29, 1.82) is 0 Å². The zero-order valence-electron chi connectivity index (χ0n) is 19.5. The molecule has 0 fully saturated rings. The summed E-state index contributed by atoms with van der Waals surface area (Å²) < 4.78 is 30.6. The maximum atomic E-state index is 15.3. The molecular formula is C27H19F2N7S2. The van der Waals surface area contributed by atoms with E-state index in [9.17, 15) is 0 Å². The van der Waals surface area contributed by atoms with Crippen molar-refractivity contribution in [3.8, 4) is 22.3 Å². The maximum Gasteiger partial charge on any atom is 0.175 e. The third kappa shape index (κ3) is 4.25. The van der Waals surface area contributed by atoms with E-state index in [-0.39, 0.29) is 17.1 Å². The number of hydrogen-bond donors (Lipinski definition) is 6. The van der Waals surface area contributed by atoms with E-state index >= 15 is 8.78 Å². The molecule has 0 aliphatic carbocycles. The van der Waals surface area contributed by atoms with Crippen molar-refractivity contribution < 1.29 is 8.78 Å². The molecular weight excluding hydrogens is 524 g/mol. The zero-order chi connectivity index (χ0) is 26.2. The molecule has 0 unspecified atom stereocenters. The van der Waals surface area contributed by atoms with Crippen LogP contribution in [0.3, 0.4) is 0 Å². The van der Waals surface area contributed by atoms with Crippen LogP contribution in [0.25, 0.3) is 33.0 Å². The minimum absolute atomic E-state index is 0.0118. The van der Waals surface area contributed by atoms with E-state index in [2.05, 4.69) is 60.5 Å². The van der Waals surface area contributed by atoms with E-state index in [0.29, 0.717) is 48.6 Å². The second-order valence-corrected chi connectivity index (χ2v) is 9.32. The highest BCUT2D eigenvalue weighted by atomic mass is 32.1. The molecule has 0 spiro atoms. The van der Waals surface area contributed by atoms with Gasteiger partial charge in [0.1, 0.15) is 18.0 Å². The number of rotatable bonds is 5. The zero-order valence-corrected chi connectivity index (χ0v) is 21.3. The normalized spacial score (nSPS) is 11.8. The number of hydrogen-bond acceptors (Lipinski definition) is 6.